The van der Waals surface area contributed by atoms with E-state index in [1.54, 1.807) is 6.92 Å². The van der Waals surface area contributed by atoms with Crippen LogP contribution in [0.1, 0.15) is 61.8 Å². The smallest absolute Gasteiger partial charge is 0.219 e. The van der Waals surface area contributed by atoms with Crippen molar-refractivity contribution in [2.24, 2.45) is 5.41 Å². The number of rotatable bonds is 0. The number of amides is 1. The lowest BCUT2D eigenvalue weighted by molar-refractivity contribution is -0.128. The van der Waals surface area contributed by atoms with Crippen molar-refractivity contribution in [3.63, 3.8) is 0 Å². The fraction of sp³-hybridized carbons (Fsp3) is 0.800. The van der Waals surface area contributed by atoms with Crippen LogP contribution >= 0.6 is 0 Å². The van der Waals surface area contributed by atoms with Gasteiger partial charge in [0.15, 0.2) is 0 Å². The molecule has 0 fully saturated rings. The molecular formula is C15H31NO. The predicted molar refractivity (Wildman–Crippen MR) is 77.1 cm³/mol. The Morgan fingerprint density at radius 1 is 1.24 bits per heavy atom. The molecule has 1 aliphatic heterocycles. The molecule has 0 radical (unpaired) electrons. The number of nitrogens with zero attached hydrogens (tertiary/aromatic N) is 1. The van der Waals surface area contributed by atoms with Gasteiger partial charge in [-0.05, 0) is 18.8 Å². The van der Waals surface area contributed by atoms with Crippen LogP contribution < -0.4 is 0 Å². The summed E-state index contributed by atoms with van der Waals surface area (Å²) in [6.07, 6.45) is 3.35. The highest BCUT2D eigenvalue weighted by Crippen LogP contribution is 2.27. The lowest BCUT2D eigenvalue weighted by Gasteiger charge is -2.21. The van der Waals surface area contributed by atoms with Crippen LogP contribution in [0.15, 0.2) is 11.6 Å². The lowest BCUT2D eigenvalue weighted by atomic mass is 9.88. The molecule has 1 rings (SSSR count). The van der Waals surface area contributed by atoms with Gasteiger partial charge in [-0.2, -0.15) is 0 Å². The largest absolute Gasteiger partial charge is 0.339 e. The van der Waals surface area contributed by atoms with Gasteiger partial charge in [-0.3, -0.25) is 4.79 Å². The summed E-state index contributed by atoms with van der Waals surface area (Å²) in [6.45, 7) is 17.9. The third-order valence-electron chi connectivity index (χ3n) is 2.55. The summed E-state index contributed by atoms with van der Waals surface area (Å²) in [4.78, 5) is 13.1. The Hall–Kier alpha value is -0.790. The fourth-order valence-corrected chi connectivity index (χ4v) is 1.86. The molecule has 0 atom stereocenters. The molecular weight excluding hydrogens is 210 g/mol. The highest BCUT2D eigenvalue weighted by molar-refractivity contribution is 5.73. The van der Waals surface area contributed by atoms with Gasteiger partial charge in [0.1, 0.15) is 0 Å². The molecule has 0 aromatic rings. The van der Waals surface area contributed by atoms with Crippen molar-refractivity contribution in [2.45, 2.75) is 61.8 Å². The van der Waals surface area contributed by atoms with E-state index in [4.69, 9.17) is 0 Å². The Labute approximate surface area is 108 Å². The van der Waals surface area contributed by atoms with Crippen LogP contribution in [0, 0.1) is 5.41 Å². The van der Waals surface area contributed by atoms with Crippen LogP contribution in [-0.2, 0) is 4.79 Å². The van der Waals surface area contributed by atoms with E-state index in [0.29, 0.717) is 0 Å². The van der Waals surface area contributed by atoms with Gasteiger partial charge in [-0.1, -0.05) is 53.2 Å². The van der Waals surface area contributed by atoms with Crippen molar-refractivity contribution in [2.75, 3.05) is 13.1 Å². The van der Waals surface area contributed by atoms with E-state index in [2.05, 4.69) is 26.8 Å². The van der Waals surface area contributed by atoms with Crippen molar-refractivity contribution in [1.82, 2.24) is 4.90 Å². The van der Waals surface area contributed by atoms with E-state index in [1.807, 2.05) is 32.6 Å². The average molecular weight is 241 g/mol. The second-order valence-corrected chi connectivity index (χ2v) is 4.67. The van der Waals surface area contributed by atoms with Crippen LogP contribution in [0.2, 0.25) is 0 Å². The zero-order valence-electron chi connectivity index (χ0n) is 13.1. The minimum atomic E-state index is 0.186. The first-order valence-electron chi connectivity index (χ1n) is 6.84. The minimum absolute atomic E-state index is 0.186. The average Bonchev–Trinajstić information content (AvgIpc) is 2.41. The highest BCUT2D eigenvalue weighted by Gasteiger charge is 2.22. The molecule has 1 amide bonds. The SMILES string of the molecule is CC.CC.CC(=O)N1CCC(C)(C)C=C(C)C1. The first-order valence-corrected chi connectivity index (χ1v) is 6.84. The highest BCUT2D eigenvalue weighted by atomic mass is 16.2. The summed E-state index contributed by atoms with van der Waals surface area (Å²) in [6, 6.07) is 0. The van der Waals surface area contributed by atoms with E-state index < -0.39 is 0 Å². The van der Waals surface area contributed by atoms with Crippen molar-refractivity contribution in [1.29, 1.82) is 0 Å². The summed E-state index contributed by atoms with van der Waals surface area (Å²) < 4.78 is 0. The second-order valence-electron chi connectivity index (χ2n) is 4.67. The van der Waals surface area contributed by atoms with Gasteiger partial charge in [0.25, 0.3) is 0 Å². The van der Waals surface area contributed by atoms with Gasteiger partial charge in [-0.15, -0.1) is 0 Å². The Morgan fingerprint density at radius 3 is 2.12 bits per heavy atom. The van der Waals surface area contributed by atoms with E-state index in [1.165, 1.54) is 5.57 Å². The van der Waals surface area contributed by atoms with Crippen molar-refractivity contribution >= 4 is 5.91 Å². The maximum Gasteiger partial charge on any atom is 0.219 e. The van der Waals surface area contributed by atoms with Crippen LogP contribution in [0.25, 0.3) is 0 Å². The third kappa shape index (κ3) is 8.00. The van der Waals surface area contributed by atoms with E-state index >= 15 is 0 Å². The maximum absolute atomic E-state index is 11.2. The maximum atomic E-state index is 11.2. The van der Waals surface area contributed by atoms with Gasteiger partial charge in [0.05, 0.1) is 0 Å². The minimum Gasteiger partial charge on any atom is -0.339 e. The monoisotopic (exact) mass is 241 g/mol. The molecule has 0 spiro atoms. The van der Waals surface area contributed by atoms with Gasteiger partial charge in [0, 0.05) is 20.0 Å². The normalized spacial score (nSPS) is 17.6. The van der Waals surface area contributed by atoms with E-state index in [-0.39, 0.29) is 11.3 Å². The van der Waals surface area contributed by atoms with Crippen LogP contribution in [-0.4, -0.2) is 23.9 Å². The molecule has 0 saturated carbocycles. The standard InChI is InChI=1S/C11H19NO.2C2H6/c1-9-7-11(3,4)5-6-12(8-9)10(2)13;2*1-2/h7H,5-6,8H2,1-4H3;2*1-2H3. The molecule has 1 aliphatic rings. The Bertz CT molecular complexity index is 241. The fourth-order valence-electron chi connectivity index (χ4n) is 1.86. The molecule has 0 bridgehead atoms. The quantitative estimate of drug-likeness (QED) is 0.580. The molecule has 0 aliphatic carbocycles. The van der Waals surface area contributed by atoms with Crippen LogP contribution in [0.5, 0.6) is 0 Å². The molecule has 0 unspecified atom stereocenters. The topological polar surface area (TPSA) is 20.3 Å². The molecule has 0 saturated heterocycles. The summed E-state index contributed by atoms with van der Waals surface area (Å²) >= 11 is 0. The van der Waals surface area contributed by atoms with Crippen molar-refractivity contribution < 1.29 is 4.79 Å². The third-order valence-corrected chi connectivity index (χ3v) is 2.55. The second kappa shape index (κ2) is 9.26. The first-order chi connectivity index (χ1) is 7.91. The zero-order chi connectivity index (χ0) is 14.1. The van der Waals surface area contributed by atoms with Crippen LogP contribution in [0.4, 0.5) is 0 Å². The van der Waals surface area contributed by atoms with Gasteiger partial charge in [-0.25, -0.2) is 0 Å². The molecule has 2 nitrogen and oxygen atoms in total. The molecule has 2 heteroatoms. The molecule has 0 aromatic heterocycles. The molecule has 17 heavy (non-hydrogen) atoms. The lowest BCUT2D eigenvalue weighted by Crippen LogP contribution is -2.31. The number of allylic oxidation sites excluding steroid dienone is 1. The number of hydrogen-bond donors (Lipinski definition) is 0. The zero-order valence-corrected chi connectivity index (χ0v) is 13.1. The van der Waals surface area contributed by atoms with Gasteiger partial charge in [0.2, 0.25) is 5.91 Å². The summed E-state index contributed by atoms with van der Waals surface area (Å²) in [5.74, 6) is 0.186. The Balaban J connectivity index is 0. The predicted octanol–water partition coefficient (Wildman–Crippen LogP) is 4.26. The summed E-state index contributed by atoms with van der Waals surface area (Å²) in [7, 11) is 0. The Kier molecular flexibility index (Phi) is 10.1. The Morgan fingerprint density at radius 2 is 1.71 bits per heavy atom. The van der Waals surface area contributed by atoms with Gasteiger partial charge >= 0.3 is 0 Å². The van der Waals surface area contributed by atoms with E-state index in [9.17, 15) is 4.79 Å². The van der Waals surface area contributed by atoms with Crippen molar-refractivity contribution in [3.8, 4) is 0 Å². The molecule has 0 aromatic carbocycles. The van der Waals surface area contributed by atoms with Gasteiger partial charge < -0.3 is 4.90 Å². The number of hydrogen-bond acceptors (Lipinski definition) is 1. The molecule has 1 heterocycles. The summed E-state index contributed by atoms with van der Waals surface area (Å²) in [5, 5.41) is 0. The first kappa shape index (κ1) is 18.6. The number of carbonyl (C=O) groups is 1. The number of carbonyl (C=O) groups excluding carboxylic acids is 1. The van der Waals surface area contributed by atoms with E-state index in [0.717, 1.165) is 19.5 Å². The molecule has 102 valence electrons. The summed E-state index contributed by atoms with van der Waals surface area (Å²) in [5.41, 5.74) is 1.55. The molecule has 0 N–H and O–H groups in total. The van der Waals surface area contributed by atoms with Crippen LogP contribution in [0.3, 0.4) is 0 Å². The van der Waals surface area contributed by atoms with Crippen molar-refractivity contribution in [3.05, 3.63) is 11.6 Å².